The van der Waals surface area contributed by atoms with Crippen LogP contribution in [-0.2, 0) is 17.6 Å². The zero-order valence-electron chi connectivity index (χ0n) is 11.3. The number of nitrogens with zero attached hydrogens (tertiary/aromatic N) is 3. The summed E-state index contributed by atoms with van der Waals surface area (Å²) < 4.78 is 5.34. The number of ether oxygens (including phenoxy) is 1. The van der Waals surface area contributed by atoms with Crippen molar-refractivity contribution >= 4 is 0 Å². The molecule has 1 aromatic rings. The van der Waals surface area contributed by atoms with Crippen LogP contribution in [0.4, 0.5) is 0 Å². The highest BCUT2D eigenvalue weighted by Gasteiger charge is 2.09. The SMILES string of the molecule is CCCc1ncc(CCCN2CCOCC2)cn1. The van der Waals surface area contributed by atoms with Crippen LogP contribution in [-0.4, -0.2) is 47.7 Å². The van der Waals surface area contributed by atoms with E-state index in [1.165, 1.54) is 12.0 Å². The molecule has 0 amide bonds. The van der Waals surface area contributed by atoms with E-state index in [1.54, 1.807) is 0 Å². The number of aromatic nitrogens is 2. The van der Waals surface area contributed by atoms with Gasteiger partial charge in [-0.3, -0.25) is 4.90 Å². The van der Waals surface area contributed by atoms with E-state index in [2.05, 4.69) is 21.8 Å². The number of hydrogen-bond acceptors (Lipinski definition) is 4. The van der Waals surface area contributed by atoms with Crippen LogP contribution < -0.4 is 0 Å². The molecule has 0 aliphatic carbocycles. The van der Waals surface area contributed by atoms with Gasteiger partial charge in [-0.05, 0) is 31.4 Å². The van der Waals surface area contributed by atoms with Crippen molar-refractivity contribution < 1.29 is 4.74 Å². The van der Waals surface area contributed by atoms with Gasteiger partial charge in [-0.15, -0.1) is 0 Å². The molecule has 4 nitrogen and oxygen atoms in total. The van der Waals surface area contributed by atoms with Gasteiger partial charge in [0.1, 0.15) is 5.82 Å². The van der Waals surface area contributed by atoms with Gasteiger partial charge in [-0.25, -0.2) is 9.97 Å². The molecule has 0 bridgehead atoms. The summed E-state index contributed by atoms with van der Waals surface area (Å²) in [6, 6.07) is 0. The molecule has 1 fully saturated rings. The minimum Gasteiger partial charge on any atom is -0.379 e. The Kier molecular flexibility index (Phi) is 5.55. The van der Waals surface area contributed by atoms with E-state index in [9.17, 15) is 0 Å². The van der Waals surface area contributed by atoms with Crippen molar-refractivity contribution in [2.24, 2.45) is 0 Å². The fourth-order valence-corrected chi connectivity index (χ4v) is 2.19. The van der Waals surface area contributed by atoms with Gasteiger partial charge in [-0.2, -0.15) is 0 Å². The smallest absolute Gasteiger partial charge is 0.128 e. The lowest BCUT2D eigenvalue weighted by Gasteiger charge is -2.26. The van der Waals surface area contributed by atoms with Gasteiger partial charge in [0.25, 0.3) is 0 Å². The quantitative estimate of drug-likeness (QED) is 0.769. The Morgan fingerprint density at radius 3 is 2.56 bits per heavy atom. The second-order valence-corrected chi connectivity index (χ2v) is 4.82. The van der Waals surface area contributed by atoms with E-state index in [4.69, 9.17) is 4.74 Å². The monoisotopic (exact) mass is 249 g/mol. The van der Waals surface area contributed by atoms with Crippen LogP contribution in [0, 0.1) is 0 Å². The van der Waals surface area contributed by atoms with Gasteiger partial charge in [0.05, 0.1) is 13.2 Å². The minimum absolute atomic E-state index is 0.884. The standard InChI is InChI=1S/C14H23N3O/c1-2-4-14-15-11-13(12-16-14)5-3-6-17-7-9-18-10-8-17/h11-12H,2-10H2,1H3. The first-order valence-electron chi connectivity index (χ1n) is 6.98. The van der Waals surface area contributed by atoms with E-state index in [-0.39, 0.29) is 0 Å². The van der Waals surface area contributed by atoms with E-state index in [0.717, 1.165) is 57.9 Å². The maximum absolute atomic E-state index is 5.34. The van der Waals surface area contributed by atoms with Crippen molar-refractivity contribution in [3.8, 4) is 0 Å². The molecule has 0 spiro atoms. The topological polar surface area (TPSA) is 38.2 Å². The highest BCUT2D eigenvalue weighted by Crippen LogP contribution is 2.04. The van der Waals surface area contributed by atoms with E-state index in [1.807, 2.05) is 12.4 Å². The molecule has 2 rings (SSSR count). The molecule has 1 aromatic heterocycles. The largest absolute Gasteiger partial charge is 0.379 e. The molecule has 0 unspecified atom stereocenters. The van der Waals surface area contributed by atoms with Crippen LogP contribution in [0.15, 0.2) is 12.4 Å². The van der Waals surface area contributed by atoms with Gasteiger partial charge in [0.15, 0.2) is 0 Å². The van der Waals surface area contributed by atoms with E-state index in [0.29, 0.717) is 0 Å². The Labute approximate surface area is 109 Å². The Balaban J connectivity index is 1.69. The van der Waals surface area contributed by atoms with Gasteiger partial charge in [0, 0.05) is 31.9 Å². The summed E-state index contributed by atoms with van der Waals surface area (Å²) in [5, 5.41) is 0. The van der Waals surface area contributed by atoms with Crippen molar-refractivity contribution in [1.82, 2.24) is 14.9 Å². The highest BCUT2D eigenvalue weighted by atomic mass is 16.5. The van der Waals surface area contributed by atoms with Crippen molar-refractivity contribution in [3.05, 3.63) is 23.8 Å². The lowest BCUT2D eigenvalue weighted by atomic mass is 10.2. The fourth-order valence-electron chi connectivity index (χ4n) is 2.19. The third-order valence-electron chi connectivity index (χ3n) is 3.28. The van der Waals surface area contributed by atoms with Gasteiger partial charge in [0.2, 0.25) is 0 Å². The van der Waals surface area contributed by atoms with Crippen LogP contribution >= 0.6 is 0 Å². The minimum atomic E-state index is 0.884. The lowest BCUT2D eigenvalue weighted by Crippen LogP contribution is -2.36. The fraction of sp³-hybridized carbons (Fsp3) is 0.714. The number of rotatable bonds is 6. The zero-order valence-corrected chi connectivity index (χ0v) is 11.3. The predicted molar refractivity (Wildman–Crippen MR) is 71.6 cm³/mol. The summed E-state index contributed by atoms with van der Waals surface area (Å²) in [5.74, 6) is 0.967. The molecule has 1 aliphatic heterocycles. The molecule has 4 heteroatoms. The van der Waals surface area contributed by atoms with Crippen LogP contribution in [0.1, 0.15) is 31.2 Å². The molecule has 0 aromatic carbocycles. The first-order valence-corrected chi connectivity index (χ1v) is 6.98. The van der Waals surface area contributed by atoms with Crippen molar-refractivity contribution in [1.29, 1.82) is 0 Å². The molecule has 0 atom stereocenters. The summed E-state index contributed by atoms with van der Waals surface area (Å²) in [6.07, 6.45) is 8.30. The Morgan fingerprint density at radius 2 is 1.89 bits per heavy atom. The van der Waals surface area contributed by atoms with E-state index < -0.39 is 0 Å². The molecular weight excluding hydrogens is 226 g/mol. The lowest BCUT2D eigenvalue weighted by molar-refractivity contribution is 0.0374. The Hall–Kier alpha value is -1.00. The van der Waals surface area contributed by atoms with Crippen molar-refractivity contribution in [2.45, 2.75) is 32.6 Å². The second-order valence-electron chi connectivity index (χ2n) is 4.82. The van der Waals surface area contributed by atoms with Crippen LogP contribution in [0.3, 0.4) is 0 Å². The van der Waals surface area contributed by atoms with E-state index >= 15 is 0 Å². The highest BCUT2D eigenvalue weighted by molar-refractivity contribution is 5.05. The molecule has 1 aliphatic rings. The predicted octanol–water partition coefficient (Wildman–Crippen LogP) is 1.69. The third kappa shape index (κ3) is 4.35. The Bertz CT molecular complexity index is 333. The Morgan fingerprint density at radius 1 is 1.17 bits per heavy atom. The third-order valence-corrected chi connectivity index (χ3v) is 3.28. The normalized spacial score (nSPS) is 16.9. The second kappa shape index (κ2) is 7.44. The molecule has 0 N–H and O–H groups in total. The number of morpholine rings is 1. The average molecular weight is 249 g/mol. The first kappa shape index (κ1) is 13.4. The number of hydrogen-bond donors (Lipinski definition) is 0. The van der Waals surface area contributed by atoms with Crippen LogP contribution in [0.2, 0.25) is 0 Å². The first-order chi connectivity index (χ1) is 8.88. The van der Waals surface area contributed by atoms with Crippen molar-refractivity contribution in [2.75, 3.05) is 32.8 Å². The van der Waals surface area contributed by atoms with Gasteiger partial charge < -0.3 is 4.74 Å². The van der Waals surface area contributed by atoms with Crippen LogP contribution in [0.25, 0.3) is 0 Å². The molecular formula is C14H23N3O. The maximum atomic E-state index is 5.34. The summed E-state index contributed by atoms with van der Waals surface area (Å²) in [6.45, 7) is 7.22. The molecule has 2 heterocycles. The summed E-state index contributed by atoms with van der Waals surface area (Å²) >= 11 is 0. The summed E-state index contributed by atoms with van der Waals surface area (Å²) in [4.78, 5) is 11.2. The van der Waals surface area contributed by atoms with Gasteiger partial charge in [-0.1, -0.05) is 6.92 Å². The number of aryl methyl sites for hydroxylation is 2. The van der Waals surface area contributed by atoms with Crippen LogP contribution in [0.5, 0.6) is 0 Å². The molecule has 0 radical (unpaired) electrons. The summed E-state index contributed by atoms with van der Waals surface area (Å²) in [5.41, 5.74) is 1.25. The molecule has 18 heavy (non-hydrogen) atoms. The molecule has 0 saturated carbocycles. The van der Waals surface area contributed by atoms with Crippen molar-refractivity contribution in [3.63, 3.8) is 0 Å². The summed E-state index contributed by atoms with van der Waals surface area (Å²) in [7, 11) is 0. The zero-order chi connectivity index (χ0) is 12.6. The molecule has 1 saturated heterocycles. The maximum Gasteiger partial charge on any atom is 0.128 e. The average Bonchev–Trinajstić information content (AvgIpc) is 2.42. The van der Waals surface area contributed by atoms with Gasteiger partial charge >= 0.3 is 0 Å². The molecule has 100 valence electrons.